The van der Waals surface area contributed by atoms with Gasteiger partial charge in [0.05, 0.1) is 6.04 Å². The van der Waals surface area contributed by atoms with Gasteiger partial charge in [0, 0.05) is 26.6 Å². The van der Waals surface area contributed by atoms with E-state index in [2.05, 4.69) is 5.32 Å². The number of nitrogens with one attached hydrogen (secondary N) is 1. The van der Waals surface area contributed by atoms with Gasteiger partial charge in [0.25, 0.3) is 0 Å². The van der Waals surface area contributed by atoms with Crippen LogP contribution in [-0.4, -0.2) is 42.4 Å². The van der Waals surface area contributed by atoms with Crippen LogP contribution in [0, 0.1) is 11.8 Å². The molecule has 3 N–H and O–H groups in total. The molecule has 104 valence electrons. The largest absolute Gasteiger partial charge is 0.356 e. The number of carbonyl (C=O) groups is 2. The summed E-state index contributed by atoms with van der Waals surface area (Å²) in [5, 5.41) is 2.83. The van der Waals surface area contributed by atoms with Crippen molar-refractivity contribution in [2.75, 3.05) is 19.6 Å². The van der Waals surface area contributed by atoms with Gasteiger partial charge < -0.3 is 16.0 Å². The quantitative estimate of drug-likeness (QED) is 0.761. The van der Waals surface area contributed by atoms with Crippen molar-refractivity contribution in [2.24, 2.45) is 17.6 Å². The standard InChI is InChI=1S/C13H25N3O2/c1-9(2)12(14)13(18)16-6-4-11(5-7-16)8-15-10(3)17/h9,11-12H,4-8,14H2,1-3H3,(H,15,17). The van der Waals surface area contributed by atoms with Crippen LogP contribution in [0.1, 0.15) is 33.6 Å². The fraction of sp³-hybridized carbons (Fsp3) is 0.846. The zero-order valence-electron chi connectivity index (χ0n) is 11.6. The number of nitrogens with zero attached hydrogens (tertiary/aromatic N) is 1. The Morgan fingerprint density at radius 3 is 2.33 bits per heavy atom. The predicted octanol–water partition coefficient (Wildman–Crippen LogP) is 0.344. The Balaban J connectivity index is 2.35. The topological polar surface area (TPSA) is 75.4 Å². The lowest BCUT2D eigenvalue weighted by Crippen LogP contribution is -2.50. The van der Waals surface area contributed by atoms with Gasteiger partial charge in [0.1, 0.15) is 0 Å². The molecule has 2 amide bonds. The molecule has 1 atom stereocenters. The van der Waals surface area contributed by atoms with Crippen molar-refractivity contribution >= 4 is 11.8 Å². The number of likely N-dealkylation sites (tertiary alicyclic amines) is 1. The molecule has 1 aliphatic heterocycles. The number of carbonyl (C=O) groups excluding carboxylic acids is 2. The first-order chi connectivity index (χ1) is 8.41. The minimum atomic E-state index is -0.392. The van der Waals surface area contributed by atoms with Crippen molar-refractivity contribution in [3.05, 3.63) is 0 Å². The summed E-state index contributed by atoms with van der Waals surface area (Å²) in [6.45, 7) is 7.68. The second kappa shape index (κ2) is 6.73. The molecule has 0 bridgehead atoms. The van der Waals surface area contributed by atoms with E-state index >= 15 is 0 Å². The first kappa shape index (κ1) is 15.0. The third-order valence-corrected chi connectivity index (χ3v) is 3.57. The molecular weight excluding hydrogens is 230 g/mol. The first-order valence-electron chi connectivity index (χ1n) is 6.70. The molecule has 5 nitrogen and oxygen atoms in total. The second-order valence-electron chi connectivity index (χ2n) is 5.48. The van der Waals surface area contributed by atoms with Gasteiger partial charge in [0.2, 0.25) is 11.8 Å². The molecule has 1 rings (SSSR count). The van der Waals surface area contributed by atoms with Gasteiger partial charge in [-0.2, -0.15) is 0 Å². The molecule has 1 saturated heterocycles. The smallest absolute Gasteiger partial charge is 0.239 e. The SMILES string of the molecule is CC(=O)NCC1CCN(C(=O)C(N)C(C)C)CC1. The lowest BCUT2D eigenvalue weighted by atomic mass is 9.95. The van der Waals surface area contributed by atoms with Gasteiger partial charge in [-0.3, -0.25) is 9.59 Å². The maximum absolute atomic E-state index is 12.0. The highest BCUT2D eigenvalue weighted by Crippen LogP contribution is 2.17. The van der Waals surface area contributed by atoms with E-state index in [1.54, 1.807) is 0 Å². The highest BCUT2D eigenvalue weighted by Gasteiger charge is 2.27. The van der Waals surface area contributed by atoms with E-state index < -0.39 is 6.04 Å². The number of rotatable bonds is 4. The van der Waals surface area contributed by atoms with E-state index in [-0.39, 0.29) is 17.7 Å². The van der Waals surface area contributed by atoms with Crippen molar-refractivity contribution in [3.63, 3.8) is 0 Å². The molecule has 0 aromatic heterocycles. The summed E-state index contributed by atoms with van der Waals surface area (Å²) >= 11 is 0. The molecule has 0 aromatic rings. The Morgan fingerprint density at radius 1 is 1.33 bits per heavy atom. The minimum Gasteiger partial charge on any atom is -0.356 e. The Labute approximate surface area is 109 Å². The van der Waals surface area contributed by atoms with Gasteiger partial charge >= 0.3 is 0 Å². The molecule has 1 aliphatic rings. The summed E-state index contributed by atoms with van der Waals surface area (Å²) in [5.41, 5.74) is 5.88. The van der Waals surface area contributed by atoms with Crippen LogP contribution in [0.2, 0.25) is 0 Å². The van der Waals surface area contributed by atoms with E-state index in [9.17, 15) is 9.59 Å². The second-order valence-corrected chi connectivity index (χ2v) is 5.48. The zero-order valence-corrected chi connectivity index (χ0v) is 11.6. The van der Waals surface area contributed by atoms with Gasteiger partial charge in [-0.05, 0) is 24.7 Å². The summed E-state index contributed by atoms with van der Waals surface area (Å²) in [4.78, 5) is 24.7. The predicted molar refractivity (Wildman–Crippen MR) is 70.8 cm³/mol. The summed E-state index contributed by atoms with van der Waals surface area (Å²) in [5.74, 6) is 0.723. The Bertz CT molecular complexity index is 297. The summed E-state index contributed by atoms with van der Waals surface area (Å²) < 4.78 is 0. The van der Waals surface area contributed by atoms with Crippen LogP contribution in [-0.2, 0) is 9.59 Å². The molecule has 1 unspecified atom stereocenters. The van der Waals surface area contributed by atoms with Crippen LogP contribution in [0.5, 0.6) is 0 Å². The molecule has 0 radical (unpaired) electrons. The molecule has 0 aromatic carbocycles. The molecule has 18 heavy (non-hydrogen) atoms. The molecule has 0 aliphatic carbocycles. The van der Waals surface area contributed by atoms with E-state index in [0.717, 1.165) is 25.9 Å². The van der Waals surface area contributed by atoms with E-state index in [1.165, 1.54) is 6.92 Å². The normalized spacial score (nSPS) is 18.8. The van der Waals surface area contributed by atoms with Crippen LogP contribution >= 0.6 is 0 Å². The van der Waals surface area contributed by atoms with Gasteiger partial charge in [0.15, 0.2) is 0 Å². The zero-order chi connectivity index (χ0) is 13.7. The number of piperidine rings is 1. The average molecular weight is 255 g/mol. The molecule has 0 spiro atoms. The third-order valence-electron chi connectivity index (χ3n) is 3.57. The average Bonchev–Trinajstić information content (AvgIpc) is 2.35. The monoisotopic (exact) mass is 255 g/mol. The Morgan fingerprint density at radius 2 is 1.89 bits per heavy atom. The molecule has 0 saturated carbocycles. The Kier molecular flexibility index (Phi) is 5.59. The molecule has 5 heteroatoms. The van der Waals surface area contributed by atoms with Gasteiger partial charge in [-0.1, -0.05) is 13.8 Å². The first-order valence-corrected chi connectivity index (χ1v) is 6.70. The van der Waals surface area contributed by atoms with Crippen LogP contribution < -0.4 is 11.1 Å². The van der Waals surface area contributed by atoms with Gasteiger partial charge in [-0.15, -0.1) is 0 Å². The van der Waals surface area contributed by atoms with Crippen molar-refractivity contribution in [1.82, 2.24) is 10.2 Å². The highest BCUT2D eigenvalue weighted by atomic mass is 16.2. The number of nitrogens with two attached hydrogens (primary N) is 1. The van der Waals surface area contributed by atoms with Crippen LogP contribution in [0.3, 0.4) is 0 Å². The third kappa shape index (κ3) is 4.29. The van der Waals surface area contributed by atoms with E-state index in [1.807, 2.05) is 18.7 Å². The number of hydrogen-bond donors (Lipinski definition) is 2. The fourth-order valence-electron chi connectivity index (χ4n) is 2.14. The van der Waals surface area contributed by atoms with E-state index in [0.29, 0.717) is 12.5 Å². The van der Waals surface area contributed by atoms with Crippen molar-refractivity contribution in [3.8, 4) is 0 Å². The molecule has 1 heterocycles. The van der Waals surface area contributed by atoms with Gasteiger partial charge in [-0.25, -0.2) is 0 Å². The van der Waals surface area contributed by atoms with Crippen LogP contribution in [0.4, 0.5) is 0 Å². The lowest BCUT2D eigenvalue weighted by molar-refractivity contribution is -0.135. The van der Waals surface area contributed by atoms with E-state index in [4.69, 9.17) is 5.73 Å². The van der Waals surface area contributed by atoms with Crippen LogP contribution in [0.15, 0.2) is 0 Å². The molecule has 1 fully saturated rings. The summed E-state index contributed by atoms with van der Waals surface area (Å²) in [6, 6.07) is -0.392. The van der Waals surface area contributed by atoms with Crippen molar-refractivity contribution in [1.29, 1.82) is 0 Å². The summed E-state index contributed by atoms with van der Waals surface area (Å²) in [6.07, 6.45) is 1.88. The number of hydrogen-bond acceptors (Lipinski definition) is 3. The maximum Gasteiger partial charge on any atom is 0.239 e. The lowest BCUT2D eigenvalue weighted by Gasteiger charge is -2.34. The Hall–Kier alpha value is -1.10. The number of amides is 2. The minimum absolute atomic E-state index is 0.00957. The van der Waals surface area contributed by atoms with Crippen molar-refractivity contribution in [2.45, 2.75) is 39.7 Å². The van der Waals surface area contributed by atoms with Crippen molar-refractivity contribution < 1.29 is 9.59 Å². The fourth-order valence-corrected chi connectivity index (χ4v) is 2.14. The molecular formula is C13H25N3O2. The maximum atomic E-state index is 12.0. The summed E-state index contributed by atoms with van der Waals surface area (Å²) in [7, 11) is 0. The highest BCUT2D eigenvalue weighted by molar-refractivity contribution is 5.82. The van der Waals surface area contributed by atoms with Crippen LogP contribution in [0.25, 0.3) is 0 Å².